The van der Waals surface area contributed by atoms with Gasteiger partial charge in [0.1, 0.15) is 0 Å². The lowest BCUT2D eigenvalue weighted by molar-refractivity contribution is -0.135. The summed E-state index contributed by atoms with van der Waals surface area (Å²) in [7, 11) is 0. The Bertz CT molecular complexity index is 246. The molecule has 0 aromatic rings. The SMILES string of the molecule is CC1CCN(C(=O)C2CCCC(C)N2)CC1. The van der Waals surface area contributed by atoms with E-state index in [1.165, 1.54) is 25.7 Å². The predicted octanol–water partition coefficient (Wildman–Crippen LogP) is 1.78. The number of carbonyl (C=O) groups is 1. The molecule has 16 heavy (non-hydrogen) atoms. The van der Waals surface area contributed by atoms with Crippen LogP contribution in [0, 0.1) is 5.92 Å². The minimum atomic E-state index is 0.0946. The van der Waals surface area contributed by atoms with Crippen molar-refractivity contribution in [3.63, 3.8) is 0 Å². The molecule has 2 rings (SSSR count). The molecule has 2 unspecified atom stereocenters. The van der Waals surface area contributed by atoms with Gasteiger partial charge in [-0.1, -0.05) is 6.92 Å². The molecule has 2 aliphatic heterocycles. The summed E-state index contributed by atoms with van der Waals surface area (Å²) in [5.41, 5.74) is 0. The van der Waals surface area contributed by atoms with Gasteiger partial charge in [0.05, 0.1) is 6.04 Å². The highest BCUT2D eigenvalue weighted by Crippen LogP contribution is 2.19. The van der Waals surface area contributed by atoms with E-state index in [9.17, 15) is 4.79 Å². The summed E-state index contributed by atoms with van der Waals surface area (Å²) in [6.07, 6.45) is 5.77. The molecule has 2 aliphatic rings. The maximum atomic E-state index is 12.3. The molecule has 3 nitrogen and oxygen atoms in total. The van der Waals surface area contributed by atoms with Crippen molar-refractivity contribution in [3.05, 3.63) is 0 Å². The van der Waals surface area contributed by atoms with Crippen molar-refractivity contribution < 1.29 is 4.79 Å². The highest BCUT2D eigenvalue weighted by Gasteiger charge is 2.29. The van der Waals surface area contributed by atoms with Gasteiger partial charge in [-0.25, -0.2) is 0 Å². The third-order valence-electron chi connectivity index (χ3n) is 4.01. The molecule has 92 valence electrons. The molecule has 1 N–H and O–H groups in total. The Morgan fingerprint density at radius 3 is 2.44 bits per heavy atom. The lowest BCUT2D eigenvalue weighted by Crippen LogP contribution is -2.52. The van der Waals surface area contributed by atoms with Crippen molar-refractivity contribution in [2.75, 3.05) is 13.1 Å². The van der Waals surface area contributed by atoms with Gasteiger partial charge in [0, 0.05) is 19.1 Å². The summed E-state index contributed by atoms with van der Waals surface area (Å²) in [6, 6.07) is 0.601. The monoisotopic (exact) mass is 224 g/mol. The van der Waals surface area contributed by atoms with Gasteiger partial charge in [0.25, 0.3) is 0 Å². The lowest BCUT2D eigenvalue weighted by atomic mass is 9.95. The van der Waals surface area contributed by atoms with Gasteiger partial charge < -0.3 is 10.2 Å². The molecule has 0 radical (unpaired) electrons. The van der Waals surface area contributed by atoms with Crippen molar-refractivity contribution >= 4 is 5.91 Å². The first kappa shape index (κ1) is 11.9. The summed E-state index contributed by atoms with van der Waals surface area (Å²) >= 11 is 0. The molecule has 0 saturated carbocycles. The maximum Gasteiger partial charge on any atom is 0.239 e. The van der Waals surface area contributed by atoms with Crippen LogP contribution in [0.15, 0.2) is 0 Å². The number of nitrogens with zero attached hydrogens (tertiary/aromatic N) is 1. The molecule has 0 aliphatic carbocycles. The number of rotatable bonds is 1. The summed E-state index contributed by atoms with van der Waals surface area (Å²) < 4.78 is 0. The van der Waals surface area contributed by atoms with Crippen LogP contribution in [0.3, 0.4) is 0 Å². The predicted molar refractivity (Wildman–Crippen MR) is 65.2 cm³/mol. The van der Waals surface area contributed by atoms with Crippen LogP contribution in [0.25, 0.3) is 0 Å². The average molecular weight is 224 g/mol. The molecular weight excluding hydrogens is 200 g/mol. The van der Waals surface area contributed by atoms with Crippen LogP contribution in [0.1, 0.15) is 46.0 Å². The normalized spacial score (nSPS) is 32.8. The number of nitrogens with one attached hydrogen (secondary N) is 1. The largest absolute Gasteiger partial charge is 0.341 e. The van der Waals surface area contributed by atoms with Gasteiger partial charge in [-0.15, -0.1) is 0 Å². The number of likely N-dealkylation sites (tertiary alicyclic amines) is 1. The second kappa shape index (κ2) is 5.17. The molecule has 2 heterocycles. The Hall–Kier alpha value is -0.570. The highest BCUT2D eigenvalue weighted by molar-refractivity contribution is 5.82. The van der Waals surface area contributed by atoms with Crippen molar-refractivity contribution in [2.24, 2.45) is 5.92 Å². The average Bonchev–Trinajstić information content (AvgIpc) is 2.29. The third kappa shape index (κ3) is 2.76. The van der Waals surface area contributed by atoms with Crippen LogP contribution in [0.5, 0.6) is 0 Å². The Labute approximate surface area is 98.6 Å². The van der Waals surface area contributed by atoms with Gasteiger partial charge in [0.2, 0.25) is 5.91 Å². The zero-order valence-electron chi connectivity index (χ0n) is 10.5. The Morgan fingerprint density at radius 1 is 1.12 bits per heavy atom. The smallest absolute Gasteiger partial charge is 0.239 e. The van der Waals surface area contributed by atoms with Crippen molar-refractivity contribution in [1.29, 1.82) is 0 Å². The van der Waals surface area contributed by atoms with Crippen LogP contribution >= 0.6 is 0 Å². The van der Waals surface area contributed by atoms with E-state index in [4.69, 9.17) is 0 Å². The molecule has 0 aromatic carbocycles. The van der Waals surface area contributed by atoms with Crippen LogP contribution in [-0.4, -0.2) is 36.0 Å². The molecule has 1 amide bonds. The second-order valence-corrected chi connectivity index (χ2v) is 5.56. The molecule has 2 atom stereocenters. The van der Waals surface area contributed by atoms with E-state index in [2.05, 4.69) is 24.1 Å². The number of amides is 1. The topological polar surface area (TPSA) is 32.3 Å². The maximum absolute atomic E-state index is 12.3. The van der Waals surface area contributed by atoms with Crippen molar-refractivity contribution in [1.82, 2.24) is 10.2 Å². The fraction of sp³-hybridized carbons (Fsp3) is 0.923. The second-order valence-electron chi connectivity index (χ2n) is 5.56. The molecule has 0 aromatic heterocycles. The van der Waals surface area contributed by atoms with Crippen LogP contribution in [0.2, 0.25) is 0 Å². The molecule has 3 heteroatoms. The summed E-state index contributed by atoms with van der Waals surface area (Å²) in [5, 5.41) is 3.43. The van der Waals surface area contributed by atoms with Gasteiger partial charge in [-0.3, -0.25) is 4.79 Å². The first-order valence-electron chi connectivity index (χ1n) is 6.71. The number of hydrogen-bond donors (Lipinski definition) is 1. The summed E-state index contributed by atoms with van der Waals surface area (Å²) in [4.78, 5) is 14.3. The van der Waals surface area contributed by atoms with E-state index in [0.717, 1.165) is 25.4 Å². The van der Waals surface area contributed by atoms with E-state index in [1.807, 2.05) is 0 Å². The first-order chi connectivity index (χ1) is 7.66. The van der Waals surface area contributed by atoms with Crippen LogP contribution in [0.4, 0.5) is 0 Å². The van der Waals surface area contributed by atoms with E-state index in [0.29, 0.717) is 11.9 Å². The van der Waals surface area contributed by atoms with Gasteiger partial charge in [-0.2, -0.15) is 0 Å². The summed E-state index contributed by atoms with van der Waals surface area (Å²) in [5.74, 6) is 1.14. The number of hydrogen-bond acceptors (Lipinski definition) is 2. The van der Waals surface area contributed by atoms with Crippen LogP contribution < -0.4 is 5.32 Å². The summed E-state index contributed by atoms with van der Waals surface area (Å²) in [6.45, 7) is 6.39. The molecule has 2 saturated heterocycles. The van der Waals surface area contributed by atoms with Gasteiger partial charge in [0.15, 0.2) is 0 Å². The van der Waals surface area contributed by atoms with E-state index in [1.54, 1.807) is 0 Å². The first-order valence-corrected chi connectivity index (χ1v) is 6.71. The van der Waals surface area contributed by atoms with Gasteiger partial charge in [-0.05, 0) is 44.9 Å². The highest BCUT2D eigenvalue weighted by atomic mass is 16.2. The van der Waals surface area contributed by atoms with Crippen LogP contribution in [-0.2, 0) is 4.79 Å². The standard InChI is InChI=1S/C13H24N2O/c1-10-6-8-15(9-7-10)13(16)12-5-3-4-11(2)14-12/h10-12,14H,3-9H2,1-2H3. The Kier molecular flexibility index (Phi) is 3.85. The van der Waals surface area contributed by atoms with Crippen molar-refractivity contribution in [3.8, 4) is 0 Å². The van der Waals surface area contributed by atoms with Crippen molar-refractivity contribution in [2.45, 2.75) is 58.0 Å². The molecule has 0 bridgehead atoms. The Morgan fingerprint density at radius 2 is 1.81 bits per heavy atom. The minimum absolute atomic E-state index is 0.0946. The molecular formula is C13H24N2O. The van der Waals surface area contributed by atoms with Gasteiger partial charge >= 0.3 is 0 Å². The fourth-order valence-corrected chi connectivity index (χ4v) is 2.78. The lowest BCUT2D eigenvalue weighted by Gasteiger charge is -2.36. The number of piperidine rings is 2. The molecule has 2 fully saturated rings. The quantitative estimate of drug-likeness (QED) is 0.736. The van der Waals surface area contributed by atoms with E-state index in [-0.39, 0.29) is 6.04 Å². The zero-order valence-corrected chi connectivity index (χ0v) is 10.5. The third-order valence-corrected chi connectivity index (χ3v) is 4.01. The number of carbonyl (C=O) groups excluding carboxylic acids is 1. The Balaban J connectivity index is 1.86. The van der Waals surface area contributed by atoms with E-state index < -0.39 is 0 Å². The molecule has 0 spiro atoms. The fourth-order valence-electron chi connectivity index (χ4n) is 2.78. The minimum Gasteiger partial charge on any atom is -0.341 e. The zero-order chi connectivity index (χ0) is 11.5. The van der Waals surface area contributed by atoms with E-state index >= 15 is 0 Å².